The van der Waals surface area contributed by atoms with Crippen molar-refractivity contribution < 1.29 is 0 Å². The highest BCUT2D eigenvalue weighted by molar-refractivity contribution is 6.13. The van der Waals surface area contributed by atoms with E-state index in [2.05, 4.69) is 127 Å². The Kier molecular flexibility index (Phi) is 4.23. The Labute approximate surface area is 229 Å². The summed E-state index contributed by atoms with van der Waals surface area (Å²) in [5.74, 6) is 0. The van der Waals surface area contributed by atoms with E-state index >= 15 is 0 Å². The summed E-state index contributed by atoms with van der Waals surface area (Å²) in [6.07, 6.45) is 0. The Hall–Kier alpha value is -5.35. The van der Waals surface area contributed by atoms with Gasteiger partial charge in [-0.25, -0.2) is 15.0 Å². The zero-order valence-corrected chi connectivity index (χ0v) is 21.8. The lowest BCUT2D eigenvalue weighted by Crippen LogP contribution is -1.91. The number of aromatic nitrogens is 4. The van der Waals surface area contributed by atoms with E-state index in [1.54, 1.807) is 0 Å². The maximum Gasteiger partial charge on any atom is 0.0972 e. The van der Waals surface area contributed by atoms with Crippen molar-refractivity contribution in [3.63, 3.8) is 0 Å². The molecule has 0 fully saturated rings. The molecule has 0 amide bonds. The van der Waals surface area contributed by atoms with Gasteiger partial charge in [0.25, 0.3) is 0 Å². The van der Waals surface area contributed by atoms with E-state index in [1.807, 2.05) is 0 Å². The molecule has 8 bridgehead atoms. The first-order chi connectivity index (χ1) is 19.7. The molecular weight excluding hydrogens is 488 g/mol. The molecule has 0 radical (unpaired) electrons. The predicted octanol–water partition coefficient (Wildman–Crippen LogP) is 8.95. The second kappa shape index (κ2) is 7.84. The van der Waals surface area contributed by atoms with Crippen LogP contribution in [-0.4, -0.2) is 19.5 Å². The van der Waals surface area contributed by atoms with Gasteiger partial charge in [0, 0.05) is 44.9 Å². The molecule has 0 aliphatic carbocycles. The Balaban J connectivity index is 1.63. The SMILES string of the molecule is Cn1c2cc3cccc(c4ccc5ccc6ccc(nc6c5n4)c4cccc5cc(nc54)c2-c2ccccc2)c31. The Morgan fingerprint density at radius 2 is 1.10 bits per heavy atom. The molecule has 0 saturated carbocycles. The summed E-state index contributed by atoms with van der Waals surface area (Å²) in [5.41, 5.74) is 10.1. The van der Waals surface area contributed by atoms with Crippen LogP contribution < -0.4 is 0 Å². The lowest BCUT2D eigenvalue weighted by atomic mass is 10.0. The zero-order chi connectivity index (χ0) is 26.4. The number of hydrogen-bond donors (Lipinski definition) is 0. The van der Waals surface area contributed by atoms with Crippen LogP contribution in [0.4, 0.5) is 0 Å². The third-order valence-electron chi connectivity index (χ3n) is 8.29. The average molecular weight is 511 g/mol. The van der Waals surface area contributed by atoms with Crippen LogP contribution in [0.3, 0.4) is 0 Å². The van der Waals surface area contributed by atoms with Crippen LogP contribution >= 0.6 is 0 Å². The van der Waals surface area contributed by atoms with E-state index < -0.39 is 0 Å². The van der Waals surface area contributed by atoms with Crippen molar-refractivity contribution in [2.75, 3.05) is 0 Å². The maximum absolute atomic E-state index is 5.31. The first kappa shape index (κ1) is 21.6. The number of rotatable bonds is 1. The van der Waals surface area contributed by atoms with Gasteiger partial charge in [0.15, 0.2) is 0 Å². The van der Waals surface area contributed by atoms with Gasteiger partial charge in [-0.3, -0.25) is 0 Å². The van der Waals surface area contributed by atoms with Crippen LogP contribution in [0.2, 0.25) is 0 Å². The third-order valence-corrected chi connectivity index (χ3v) is 8.29. The van der Waals surface area contributed by atoms with E-state index in [1.165, 1.54) is 5.39 Å². The lowest BCUT2D eigenvalue weighted by Gasteiger charge is -2.07. The average Bonchev–Trinajstić information content (AvgIpc) is 3.58. The van der Waals surface area contributed by atoms with Crippen molar-refractivity contribution in [1.29, 1.82) is 0 Å². The smallest absolute Gasteiger partial charge is 0.0972 e. The molecule has 9 aromatic rings. The lowest BCUT2D eigenvalue weighted by molar-refractivity contribution is 1.02. The number of pyridine rings is 2. The molecule has 0 N–H and O–H groups in total. The predicted molar refractivity (Wildman–Crippen MR) is 167 cm³/mol. The maximum atomic E-state index is 5.31. The van der Waals surface area contributed by atoms with Gasteiger partial charge in [0.2, 0.25) is 0 Å². The number of aryl methyl sites for hydroxylation is 1. The molecule has 0 unspecified atom stereocenters. The highest BCUT2D eigenvalue weighted by Gasteiger charge is 2.15. The monoisotopic (exact) mass is 510 g/mol. The van der Waals surface area contributed by atoms with Crippen molar-refractivity contribution in [1.82, 2.24) is 19.5 Å². The van der Waals surface area contributed by atoms with Gasteiger partial charge in [0.05, 0.1) is 44.1 Å². The van der Waals surface area contributed by atoms with Crippen molar-refractivity contribution >= 4 is 76.5 Å². The fraction of sp³-hybridized carbons (Fsp3) is 0.0278. The normalized spacial score (nSPS) is 12.1. The van der Waals surface area contributed by atoms with Crippen LogP contribution in [0.15, 0.2) is 115 Å². The second-order valence-electron chi connectivity index (χ2n) is 10.6. The van der Waals surface area contributed by atoms with Crippen molar-refractivity contribution in [3.05, 3.63) is 115 Å². The molecule has 0 spiro atoms. The summed E-state index contributed by atoms with van der Waals surface area (Å²) in [7, 11) is 2.15. The number of hydrogen-bond acceptors (Lipinski definition) is 3. The van der Waals surface area contributed by atoms with E-state index in [4.69, 9.17) is 15.0 Å². The van der Waals surface area contributed by atoms with Gasteiger partial charge in [-0.15, -0.1) is 0 Å². The Bertz CT molecular complexity index is 2490. The molecule has 4 aromatic carbocycles. The van der Waals surface area contributed by atoms with E-state index in [0.29, 0.717) is 0 Å². The fourth-order valence-electron chi connectivity index (χ4n) is 6.40. The second-order valence-corrected chi connectivity index (χ2v) is 10.6. The highest BCUT2D eigenvalue weighted by atomic mass is 14.9. The van der Waals surface area contributed by atoms with E-state index in [9.17, 15) is 0 Å². The van der Waals surface area contributed by atoms with Gasteiger partial charge in [-0.1, -0.05) is 91.0 Å². The summed E-state index contributed by atoms with van der Waals surface area (Å²) in [6.45, 7) is 0. The number of para-hydroxylation sites is 2. The Morgan fingerprint density at radius 1 is 0.475 bits per heavy atom. The molecule has 9 rings (SSSR count). The largest absolute Gasteiger partial charge is 0.343 e. The summed E-state index contributed by atoms with van der Waals surface area (Å²) in [5, 5.41) is 6.56. The first-order valence-corrected chi connectivity index (χ1v) is 13.5. The van der Waals surface area contributed by atoms with Crippen molar-refractivity contribution in [2.24, 2.45) is 7.05 Å². The molecule has 0 aliphatic heterocycles. The minimum Gasteiger partial charge on any atom is -0.343 e. The molecule has 40 heavy (non-hydrogen) atoms. The zero-order valence-electron chi connectivity index (χ0n) is 21.8. The molecule has 4 heteroatoms. The van der Waals surface area contributed by atoms with Crippen LogP contribution in [0.5, 0.6) is 0 Å². The number of benzene rings is 4. The van der Waals surface area contributed by atoms with Gasteiger partial charge in [-0.2, -0.15) is 0 Å². The summed E-state index contributed by atoms with van der Waals surface area (Å²) < 4.78 is 2.30. The third kappa shape index (κ3) is 2.93. The van der Waals surface area contributed by atoms with E-state index in [0.717, 1.165) is 82.2 Å². The van der Waals surface area contributed by atoms with Crippen molar-refractivity contribution in [2.45, 2.75) is 0 Å². The minimum atomic E-state index is 0.904. The molecule has 4 nitrogen and oxygen atoms in total. The molecular formula is C36H22N4. The minimum absolute atomic E-state index is 0.904. The first-order valence-electron chi connectivity index (χ1n) is 13.5. The summed E-state index contributed by atoms with van der Waals surface area (Å²) >= 11 is 0. The Morgan fingerprint density at radius 3 is 1.85 bits per heavy atom. The van der Waals surface area contributed by atoms with Crippen LogP contribution in [-0.2, 0) is 7.05 Å². The van der Waals surface area contributed by atoms with Crippen LogP contribution in [0.25, 0.3) is 87.6 Å². The van der Waals surface area contributed by atoms with Gasteiger partial charge in [-0.05, 0) is 29.8 Å². The molecule has 0 atom stereocenters. The summed E-state index contributed by atoms with van der Waals surface area (Å²) in [6, 6.07) is 40.8. The quantitative estimate of drug-likeness (QED) is 0.207. The summed E-state index contributed by atoms with van der Waals surface area (Å²) in [4.78, 5) is 15.8. The van der Waals surface area contributed by atoms with Crippen LogP contribution in [0, 0.1) is 0 Å². The number of nitrogens with zero attached hydrogens (tertiary/aromatic N) is 4. The van der Waals surface area contributed by atoms with Crippen molar-refractivity contribution in [3.8, 4) is 11.1 Å². The van der Waals surface area contributed by atoms with Gasteiger partial charge < -0.3 is 4.57 Å². The topological polar surface area (TPSA) is 43.6 Å². The van der Waals surface area contributed by atoms with E-state index in [-0.39, 0.29) is 0 Å². The standard InChI is InChI=1S/C36H22N4/c1-40-31-20-25-10-6-12-27(36(25)40)29-18-16-23-14-13-22-15-17-28(37-34(22)35(23)38-29)26-11-5-9-24-19-30(39-33(24)26)32(31)21-7-3-2-4-8-21/h2-20H,1H3. The molecule has 186 valence electrons. The molecule has 5 heterocycles. The van der Waals surface area contributed by atoms with Gasteiger partial charge in [0.1, 0.15) is 0 Å². The fourth-order valence-corrected chi connectivity index (χ4v) is 6.40. The highest BCUT2D eigenvalue weighted by Crippen LogP contribution is 2.36. The molecule has 0 saturated heterocycles. The van der Waals surface area contributed by atoms with Gasteiger partial charge >= 0.3 is 0 Å². The molecule has 5 aromatic heterocycles. The number of fused-ring (bicyclic) bond motifs is 6. The van der Waals surface area contributed by atoms with Crippen LogP contribution in [0.1, 0.15) is 0 Å². The molecule has 0 aliphatic rings.